The lowest BCUT2D eigenvalue weighted by molar-refractivity contribution is 0.299. The molecule has 0 aliphatic heterocycles. The number of rotatable bonds is 4. The highest BCUT2D eigenvalue weighted by molar-refractivity contribution is 5.40. The fourth-order valence-electron chi connectivity index (χ4n) is 2.30. The molecule has 0 amide bonds. The van der Waals surface area contributed by atoms with Crippen LogP contribution in [0.15, 0.2) is 29.1 Å². The molecule has 0 bridgehead atoms. The maximum atomic E-state index is 12.5. The number of aliphatic hydroxyl groups is 1. The third kappa shape index (κ3) is 2.49. The van der Waals surface area contributed by atoms with Crippen molar-refractivity contribution in [2.24, 2.45) is 0 Å². The van der Waals surface area contributed by atoms with Gasteiger partial charge >= 0.3 is 0 Å². The molecule has 0 unspecified atom stereocenters. The first-order valence-corrected chi connectivity index (χ1v) is 6.57. The first kappa shape index (κ1) is 13.6. The van der Waals surface area contributed by atoms with Gasteiger partial charge in [-0.25, -0.2) is 4.68 Å². The maximum Gasteiger partial charge on any atom is 0.274 e. The van der Waals surface area contributed by atoms with E-state index in [1.807, 2.05) is 45.0 Å². The van der Waals surface area contributed by atoms with Gasteiger partial charge in [0.2, 0.25) is 0 Å². The van der Waals surface area contributed by atoms with Gasteiger partial charge in [0.25, 0.3) is 5.56 Å². The van der Waals surface area contributed by atoms with Gasteiger partial charge in [0, 0.05) is 24.3 Å². The second-order valence-electron chi connectivity index (χ2n) is 5.06. The third-order valence-electron chi connectivity index (χ3n) is 3.31. The molecule has 4 heteroatoms. The van der Waals surface area contributed by atoms with E-state index >= 15 is 0 Å². The summed E-state index contributed by atoms with van der Waals surface area (Å²) in [5.41, 5.74) is 3.42. The summed E-state index contributed by atoms with van der Waals surface area (Å²) >= 11 is 0. The van der Waals surface area contributed by atoms with Crippen molar-refractivity contribution in [3.8, 4) is 5.69 Å². The first-order valence-electron chi connectivity index (χ1n) is 6.57. The van der Waals surface area contributed by atoms with E-state index in [2.05, 4.69) is 5.10 Å². The van der Waals surface area contributed by atoms with Crippen LogP contribution in [0.25, 0.3) is 5.69 Å². The number of benzene rings is 1. The quantitative estimate of drug-likeness (QED) is 0.884. The number of hydrogen-bond donors (Lipinski definition) is 2. The molecule has 102 valence electrons. The van der Waals surface area contributed by atoms with Crippen LogP contribution in [0.5, 0.6) is 0 Å². The van der Waals surface area contributed by atoms with Crippen LogP contribution >= 0.6 is 0 Å². The van der Waals surface area contributed by atoms with Gasteiger partial charge in [0.1, 0.15) is 0 Å². The van der Waals surface area contributed by atoms with Crippen molar-refractivity contribution in [3.05, 3.63) is 51.4 Å². The molecule has 0 saturated heterocycles. The van der Waals surface area contributed by atoms with Gasteiger partial charge < -0.3 is 5.11 Å². The van der Waals surface area contributed by atoms with Crippen molar-refractivity contribution < 1.29 is 5.11 Å². The Kier molecular flexibility index (Phi) is 3.90. The fraction of sp³-hybridized carbons (Fsp3) is 0.400. The van der Waals surface area contributed by atoms with Crippen LogP contribution in [0.4, 0.5) is 0 Å². The molecule has 0 radical (unpaired) electrons. The molecule has 0 spiro atoms. The van der Waals surface area contributed by atoms with E-state index in [-0.39, 0.29) is 18.1 Å². The molecule has 19 heavy (non-hydrogen) atoms. The predicted molar refractivity (Wildman–Crippen MR) is 76.0 cm³/mol. The fourth-order valence-corrected chi connectivity index (χ4v) is 2.30. The minimum Gasteiger partial charge on any atom is -0.396 e. The van der Waals surface area contributed by atoms with Crippen LogP contribution in [-0.2, 0) is 6.42 Å². The van der Waals surface area contributed by atoms with Crippen molar-refractivity contribution >= 4 is 0 Å². The molecule has 0 fully saturated rings. The Bertz CT molecular complexity index is 623. The normalized spacial score (nSPS) is 11.2. The number of para-hydroxylation sites is 1. The highest BCUT2D eigenvalue weighted by atomic mass is 16.3. The van der Waals surface area contributed by atoms with E-state index < -0.39 is 0 Å². The summed E-state index contributed by atoms with van der Waals surface area (Å²) in [4.78, 5) is 12.5. The van der Waals surface area contributed by atoms with Gasteiger partial charge in [-0.15, -0.1) is 0 Å². The molecular formula is C15H20N2O2. The topological polar surface area (TPSA) is 58.0 Å². The molecule has 1 aromatic heterocycles. The number of hydrogen-bond acceptors (Lipinski definition) is 2. The van der Waals surface area contributed by atoms with Gasteiger partial charge in [0.05, 0.1) is 5.69 Å². The molecule has 0 saturated carbocycles. The minimum atomic E-state index is -0.0629. The minimum absolute atomic E-state index is 0.0133. The van der Waals surface area contributed by atoms with Gasteiger partial charge in [-0.05, 0) is 24.5 Å². The average Bonchev–Trinajstić information content (AvgIpc) is 2.69. The van der Waals surface area contributed by atoms with E-state index in [0.29, 0.717) is 12.0 Å². The lowest BCUT2D eigenvalue weighted by atomic mass is 10.0. The van der Waals surface area contributed by atoms with Crippen molar-refractivity contribution in [1.29, 1.82) is 0 Å². The van der Waals surface area contributed by atoms with Crippen LogP contribution < -0.4 is 5.56 Å². The lowest BCUT2D eigenvalue weighted by Gasteiger charge is -2.06. The number of aliphatic hydroxyl groups excluding tert-OH is 1. The van der Waals surface area contributed by atoms with Gasteiger partial charge in [-0.3, -0.25) is 9.89 Å². The second kappa shape index (κ2) is 5.45. The SMILES string of the molecule is Cc1ccccc1-n1[nH]c(C(C)C)c(CCO)c1=O. The van der Waals surface area contributed by atoms with Crippen LogP contribution in [0.3, 0.4) is 0 Å². The van der Waals surface area contributed by atoms with Crippen LogP contribution in [0.1, 0.15) is 36.6 Å². The van der Waals surface area contributed by atoms with Gasteiger partial charge in [-0.1, -0.05) is 32.0 Å². The molecule has 0 aliphatic carbocycles. The smallest absolute Gasteiger partial charge is 0.274 e. The number of aryl methyl sites for hydroxylation is 1. The van der Waals surface area contributed by atoms with E-state index in [4.69, 9.17) is 5.11 Å². The number of H-pyrrole nitrogens is 1. The van der Waals surface area contributed by atoms with E-state index in [0.717, 1.165) is 16.9 Å². The summed E-state index contributed by atoms with van der Waals surface area (Å²) in [5.74, 6) is 0.222. The zero-order valence-corrected chi connectivity index (χ0v) is 11.6. The standard InChI is InChI=1S/C15H20N2O2/c1-10(2)14-12(8-9-18)15(19)17(16-14)13-7-5-4-6-11(13)3/h4-7,10,16,18H,8-9H2,1-3H3. The average molecular weight is 260 g/mol. The monoisotopic (exact) mass is 260 g/mol. The largest absolute Gasteiger partial charge is 0.396 e. The van der Waals surface area contributed by atoms with E-state index in [9.17, 15) is 4.79 Å². The van der Waals surface area contributed by atoms with Crippen LogP contribution in [0.2, 0.25) is 0 Å². The molecule has 2 aromatic rings. The molecule has 2 N–H and O–H groups in total. The summed E-state index contributed by atoms with van der Waals surface area (Å²) in [5, 5.41) is 12.3. The van der Waals surface area contributed by atoms with Gasteiger partial charge in [-0.2, -0.15) is 0 Å². The van der Waals surface area contributed by atoms with E-state index in [1.54, 1.807) is 4.68 Å². The summed E-state index contributed by atoms with van der Waals surface area (Å²) in [7, 11) is 0. The Morgan fingerprint density at radius 3 is 2.58 bits per heavy atom. The Hall–Kier alpha value is -1.81. The number of nitrogens with zero attached hydrogens (tertiary/aromatic N) is 1. The van der Waals surface area contributed by atoms with E-state index in [1.165, 1.54) is 0 Å². The van der Waals surface area contributed by atoms with Crippen molar-refractivity contribution in [1.82, 2.24) is 9.78 Å². The van der Waals surface area contributed by atoms with Gasteiger partial charge in [0.15, 0.2) is 0 Å². The second-order valence-corrected chi connectivity index (χ2v) is 5.06. The molecule has 1 heterocycles. The van der Waals surface area contributed by atoms with Crippen molar-refractivity contribution in [2.75, 3.05) is 6.61 Å². The summed E-state index contributed by atoms with van der Waals surface area (Å²) in [6, 6.07) is 7.75. The lowest BCUT2D eigenvalue weighted by Crippen LogP contribution is -2.18. The molecule has 0 aliphatic rings. The number of aromatic nitrogens is 2. The Morgan fingerprint density at radius 1 is 1.32 bits per heavy atom. The summed E-state index contributed by atoms with van der Waals surface area (Å²) < 4.78 is 1.58. The van der Waals surface area contributed by atoms with Crippen LogP contribution in [-0.4, -0.2) is 21.5 Å². The molecular weight excluding hydrogens is 240 g/mol. The Balaban J connectivity index is 2.63. The first-order chi connectivity index (χ1) is 9.06. The number of nitrogens with one attached hydrogen (secondary N) is 1. The van der Waals surface area contributed by atoms with Crippen LogP contribution in [0, 0.1) is 6.92 Å². The third-order valence-corrected chi connectivity index (χ3v) is 3.31. The molecule has 4 nitrogen and oxygen atoms in total. The maximum absolute atomic E-state index is 12.5. The molecule has 2 rings (SSSR count). The Labute approximate surface area is 112 Å². The number of aromatic amines is 1. The van der Waals surface area contributed by atoms with Crippen molar-refractivity contribution in [3.63, 3.8) is 0 Å². The highest BCUT2D eigenvalue weighted by Gasteiger charge is 2.17. The molecule has 1 aromatic carbocycles. The van der Waals surface area contributed by atoms with Crippen molar-refractivity contribution in [2.45, 2.75) is 33.1 Å². The zero-order valence-electron chi connectivity index (χ0n) is 11.6. The summed E-state index contributed by atoms with van der Waals surface area (Å²) in [6.45, 7) is 6.03. The highest BCUT2D eigenvalue weighted by Crippen LogP contribution is 2.18. The predicted octanol–water partition coefficient (Wildman–Crippen LogP) is 2.13. The Morgan fingerprint density at radius 2 is 2.00 bits per heavy atom. The zero-order chi connectivity index (χ0) is 14.0. The summed E-state index contributed by atoms with van der Waals surface area (Å²) in [6.07, 6.45) is 0.391. The molecule has 0 atom stereocenters.